The van der Waals surface area contributed by atoms with Crippen LogP contribution in [-0.4, -0.2) is 11.0 Å². The van der Waals surface area contributed by atoms with Gasteiger partial charge in [0, 0.05) is 11.0 Å². The third-order valence-electron chi connectivity index (χ3n) is 3.49. The normalized spacial score (nSPS) is 8.04. The van der Waals surface area contributed by atoms with Crippen LogP contribution in [-0.2, 0) is 21.7 Å². The number of allylic oxidation sites excluding steroid dienone is 2. The molecular weight excluding hydrogens is 407 g/mol. The van der Waals surface area contributed by atoms with Crippen LogP contribution in [0.2, 0.25) is 0 Å². The molecule has 4 aromatic rings. The van der Waals surface area contributed by atoms with Gasteiger partial charge in [-0.25, -0.2) is 0 Å². The maximum atomic E-state index is 3.36. The summed E-state index contributed by atoms with van der Waals surface area (Å²) in [7, 11) is 2.63. The van der Waals surface area contributed by atoms with Gasteiger partial charge in [-0.05, 0) is 5.30 Å². The van der Waals surface area contributed by atoms with E-state index in [1.807, 2.05) is 30.3 Å². The summed E-state index contributed by atoms with van der Waals surface area (Å²) in [5.41, 5.74) is 0. The molecular formula is C25H28PSiTi. The summed E-state index contributed by atoms with van der Waals surface area (Å²) in [6.07, 6.45) is 3.28. The summed E-state index contributed by atoms with van der Waals surface area (Å²) in [5, 5.41) is 6.63. The van der Waals surface area contributed by atoms with Crippen molar-refractivity contribution >= 4 is 47.1 Å². The smallest absolute Gasteiger partial charge is 0.358 e. The zero-order valence-electron chi connectivity index (χ0n) is 16.7. The van der Waals surface area contributed by atoms with Crippen molar-refractivity contribution in [1.82, 2.24) is 0 Å². The molecule has 1 atom stereocenters. The molecule has 5 radical (unpaired) electrons. The molecule has 0 spiro atoms. The molecule has 0 saturated heterocycles. The standard InChI is InChI=1S/C13H9.C6H7P.C4H6.2CH3.Si.Ti/c1-3-7-12-10(5-1)9-11-6-2-4-8-13(11)12;7-6-4-2-1-3-5-6;1-3-4-2;;;;/h1-9H;1-5H,7H2;3-4H,1-2H2;2*1H3;;/q-1;;;2*-1;;+3. The molecule has 1 unspecified atom stereocenters. The number of hydrogen-bond donors (Lipinski definition) is 0. The first-order chi connectivity index (χ1) is 11.8. The van der Waals surface area contributed by atoms with Gasteiger partial charge < -0.3 is 14.9 Å². The van der Waals surface area contributed by atoms with E-state index in [4.69, 9.17) is 0 Å². The minimum absolute atomic E-state index is 0. The molecule has 0 amide bonds. The van der Waals surface area contributed by atoms with Crippen molar-refractivity contribution in [2.75, 3.05) is 0 Å². The van der Waals surface area contributed by atoms with E-state index < -0.39 is 0 Å². The Labute approximate surface area is 193 Å². The molecule has 0 aliphatic rings. The molecule has 0 heterocycles. The summed E-state index contributed by atoms with van der Waals surface area (Å²) < 4.78 is 0. The van der Waals surface area contributed by atoms with E-state index in [9.17, 15) is 0 Å². The molecule has 0 saturated carbocycles. The number of benzene rings is 3. The molecule has 0 aromatic heterocycles. The Kier molecular flexibility index (Phi) is 19.4. The molecule has 0 fully saturated rings. The van der Waals surface area contributed by atoms with E-state index in [2.05, 4.69) is 77.0 Å². The van der Waals surface area contributed by atoms with E-state index in [-0.39, 0.29) is 47.5 Å². The van der Waals surface area contributed by atoms with Gasteiger partial charge in [0.05, 0.1) is 0 Å². The summed E-state index contributed by atoms with van der Waals surface area (Å²) in [6.45, 7) is 6.72. The first-order valence-electron chi connectivity index (χ1n) is 7.83. The molecule has 0 aliphatic carbocycles. The Morgan fingerprint density at radius 3 is 1.32 bits per heavy atom. The van der Waals surface area contributed by atoms with Gasteiger partial charge in [0.2, 0.25) is 0 Å². The van der Waals surface area contributed by atoms with E-state index >= 15 is 0 Å². The first-order valence-corrected chi connectivity index (χ1v) is 8.41. The van der Waals surface area contributed by atoms with Crippen molar-refractivity contribution in [3.8, 4) is 0 Å². The van der Waals surface area contributed by atoms with Gasteiger partial charge in [-0.2, -0.15) is 0 Å². The average molecular weight is 435 g/mol. The first kappa shape index (κ1) is 31.1. The van der Waals surface area contributed by atoms with Crippen LogP contribution >= 0.6 is 9.24 Å². The molecule has 141 valence electrons. The van der Waals surface area contributed by atoms with Gasteiger partial charge in [0.15, 0.2) is 0 Å². The van der Waals surface area contributed by atoms with E-state index in [1.165, 1.54) is 26.8 Å². The van der Waals surface area contributed by atoms with Crippen molar-refractivity contribution in [3.05, 3.63) is 125 Å². The van der Waals surface area contributed by atoms with Gasteiger partial charge in [0.25, 0.3) is 0 Å². The van der Waals surface area contributed by atoms with Crippen LogP contribution in [0.3, 0.4) is 0 Å². The van der Waals surface area contributed by atoms with Crippen molar-refractivity contribution in [1.29, 1.82) is 0 Å². The second kappa shape index (κ2) is 17.5. The Hall–Kier alpha value is -1.63. The minimum Gasteiger partial charge on any atom is -0.358 e. The van der Waals surface area contributed by atoms with Crippen molar-refractivity contribution < 1.29 is 21.7 Å². The van der Waals surface area contributed by atoms with Crippen molar-refractivity contribution in [2.24, 2.45) is 0 Å². The zero-order chi connectivity index (χ0) is 17.2. The van der Waals surface area contributed by atoms with E-state index in [0.717, 1.165) is 0 Å². The largest absolute Gasteiger partial charge is 3.00 e. The molecule has 0 aliphatic heterocycles. The molecule has 3 heteroatoms. The van der Waals surface area contributed by atoms with Gasteiger partial charge >= 0.3 is 21.7 Å². The van der Waals surface area contributed by atoms with Crippen LogP contribution < -0.4 is 5.30 Å². The predicted molar refractivity (Wildman–Crippen MR) is 132 cm³/mol. The monoisotopic (exact) mass is 435 g/mol. The summed E-state index contributed by atoms with van der Waals surface area (Å²) in [5.74, 6) is 0. The Morgan fingerprint density at radius 2 is 1.00 bits per heavy atom. The fourth-order valence-electron chi connectivity index (χ4n) is 2.36. The molecule has 0 N–H and O–H groups in total. The van der Waals surface area contributed by atoms with E-state index in [1.54, 1.807) is 12.2 Å². The third kappa shape index (κ3) is 9.53. The maximum absolute atomic E-state index is 3.36. The number of fused-ring (bicyclic) bond motifs is 3. The van der Waals surface area contributed by atoms with Gasteiger partial charge in [-0.1, -0.05) is 92.0 Å². The van der Waals surface area contributed by atoms with Gasteiger partial charge in [0.1, 0.15) is 0 Å². The van der Waals surface area contributed by atoms with Crippen LogP contribution in [0, 0.1) is 14.9 Å². The Balaban J connectivity index is -0.000000365. The van der Waals surface area contributed by atoms with Crippen LogP contribution in [0.25, 0.3) is 21.5 Å². The topological polar surface area (TPSA) is 0 Å². The fraction of sp³-hybridized carbons (Fsp3) is 0. The van der Waals surface area contributed by atoms with Crippen molar-refractivity contribution in [3.63, 3.8) is 0 Å². The second-order valence-corrected chi connectivity index (χ2v) is 5.87. The zero-order valence-corrected chi connectivity index (χ0v) is 20.4. The van der Waals surface area contributed by atoms with Crippen LogP contribution in [0.1, 0.15) is 0 Å². The molecule has 4 rings (SSSR count). The summed E-state index contributed by atoms with van der Waals surface area (Å²) >= 11 is 0. The Morgan fingerprint density at radius 1 is 0.643 bits per heavy atom. The van der Waals surface area contributed by atoms with Crippen LogP contribution in [0.4, 0.5) is 0 Å². The minimum atomic E-state index is 0. The predicted octanol–water partition coefficient (Wildman–Crippen LogP) is 6.77. The second-order valence-electron chi connectivity index (χ2n) is 5.20. The van der Waals surface area contributed by atoms with Crippen LogP contribution in [0.15, 0.2) is 110 Å². The molecule has 0 bridgehead atoms. The van der Waals surface area contributed by atoms with E-state index in [0.29, 0.717) is 0 Å². The molecule has 0 nitrogen and oxygen atoms in total. The van der Waals surface area contributed by atoms with Crippen molar-refractivity contribution in [2.45, 2.75) is 0 Å². The summed E-state index contributed by atoms with van der Waals surface area (Å²) in [6, 6.07) is 29.4. The average Bonchev–Trinajstić information content (AvgIpc) is 3.02. The summed E-state index contributed by atoms with van der Waals surface area (Å²) in [4.78, 5) is 0. The van der Waals surface area contributed by atoms with Gasteiger partial charge in [-0.3, -0.25) is 0 Å². The molecule has 4 aromatic carbocycles. The number of hydrogen-bond acceptors (Lipinski definition) is 0. The van der Waals surface area contributed by atoms with Crippen LogP contribution in [0.5, 0.6) is 0 Å². The SMILES string of the molecule is C=CC=C.Pc1ccccc1.[CH3-].[CH3-].[Si].[Ti+3].c1ccc2c(c1)[cH-]c1ccccc12. The third-order valence-corrected chi connectivity index (χ3v) is 3.87. The maximum Gasteiger partial charge on any atom is 3.00 e. The molecule has 28 heavy (non-hydrogen) atoms. The van der Waals surface area contributed by atoms with Gasteiger partial charge in [-0.15, -0.1) is 49.0 Å². The quantitative estimate of drug-likeness (QED) is 0.134. The fourth-order valence-corrected chi connectivity index (χ4v) is 2.58. The Bertz CT molecular complexity index is 857. The number of rotatable bonds is 1.